The molecule has 3 aromatic rings. The minimum absolute atomic E-state index is 0.0136. The van der Waals surface area contributed by atoms with Crippen molar-refractivity contribution < 1.29 is 4.74 Å². The fraction of sp³-hybridized carbons (Fsp3) is 0.217. The van der Waals surface area contributed by atoms with Gasteiger partial charge in [0.15, 0.2) is 0 Å². The van der Waals surface area contributed by atoms with Crippen LogP contribution in [0.2, 0.25) is 0 Å². The molecular formula is C23H23NO. The SMILES string of the molecule is CCC[C@H]1Nc2ccccc2C(c2ccccc2)(c2ccccc2)O1. The second-order valence-electron chi connectivity index (χ2n) is 6.50. The number of anilines is 1. The highest BCUT2D eigenvalue weighted by molar-refractivity contribution is 5.63. The smallest absolute Gasteiger partial charge is 0.148 e. The normalized spacial score (nSPS) is 18.2. The molecule has 0 bridgehead atoms. The Morgan fingerprint density at radius 3 is 1.96 bits per heavy atom. The maximum Gasteiger partial charge on any atom is 0.148 e. The van der Waals surface area contributed by atoms with Crippen LogP contribution in [0.1, 0.15) is 36.5 Å². The molecule has 1 N–H and O–H groups in total. The van der Waals surface area contributed by atoms with Crippen molar-refractivity contribution in [2.75, 3.05) is 5.32 Å². The summed E-state index contributed by atoms with van der Waals surface area (Å²) in [7, 11) is 0. The number of nitrogens with one attached hydrogen (secondary N) is 1. The zero-order valence-electron chi connectivity index (χ0n) is 14.5. The van der Waals surface area contributed by atoms with Crippen LogP contribution in [0, 0.1) is 0 Å². The molecule has 0 unspecified atom stereocenters. The van der Waals surface area contributed by atoms with Crippen LogP contribution >= 0.6 is 0 Å². The van der Waals surface area contributed by atoms with E-state index in [4.69, 9.17) is 4.74 Å². The molecule has 4 rings (SSSR count). The molecule has 2 nitrogen and oxygen atoms in total. The van der Waals surface area contributed by atoms with Gasteiger partial charge in [-0.15, -0.1) is 0 Å². The molecule has 25 heavy (non-hydrogen) atoms. The van der Waals surface area contributed by atoms with Gasteiger partial charge in [-0.25, -0.2) is 0 Å². The molecule has 0 radical (unpaired) electrons. The highest BCUT2D eigenvalue weighted by atomic mass is 16.5. The van der Waals surface area contributed by atoms with E-state index >= 15 is 0 Å². The molecule has 2 heteroatoms. The van der Waals surface area contributed by atoms with Gasteiger partial charge in [-0.2, -0.15) is 0 Å². The van der Waals surface area contributed by atoms with Crippen molar-refractivity contribution in [2.24, 2.45) is 0 Å². The fourth-order valence-electron chi connectivity index (χ4n) is 3.75. The number of rotatable bonds is 4. The lowest BCUT2D eigenvalue weighted by Crippen LogP contribution is -2.44. The van der Waals surface area contributed by atoms with Gasteiger partial charge in [0.2, 0.25) is 0 Å². The number of hydrogen-bond acceptors (Lipinski definition) is 2. The highest BCUT2D eigenvalue weighted by Gasteiger charge is 2.44. The van der Waals surface area contributed by atoms with Crippen molar-refractivity contribution in [1.82, 2.24) is 0 Å². The average molecular weight is 329 g/mol. The van der Waals surface area contributed by atoms with Gasteiger partial charge in [-0.1, -0.05) is 92.2 Å². The quantitative estimate of drug-likeness (QED) is 0.678. The summed E-state index contributed by atoms with van der Waals surface area (Å²) >= 11 is 0. The Labute approximate surface area is 149 Å². The molecule has 0 aromatic heterocycles. The van der Waals surface area contributed by atoms with Crippen LogP contribution in [0.15, 0.2) is 84.9 Å². The van der Waals surface area contributed by atoms with Crippen molar-refractivity contribution >= 4 is 5.69 Å². The van der Waals surface area contributed by atoms with Crippen molar-refractivity contribution in [3.63, 3.8) is 0 Å². The third-order valence-corrected chi connectivity index (χ3v) is 4.85. The number of hydrogen-bond donors (Lipinski definition) is 1. The lowest BCUT2D eigenvalue weighted by molar-refractivity contribution is -0.0448. The van der Waals surface area contributed by atoms with E-state index in [1.807, 2.05) is 0 Å². The second-order valence-corrected chi connectivity index (χ2v) is 6.50. The molecule has 1 aliphatic rings. The first kappa shape index (κ1) is 15.9. The molecular weight excluding hydrogens is 306 g/mol. The topological polar surface area (TPSA) is 21.3 Å². The van der Waals surface area contributed by atoms with Crippen LogP contribution in [-0.4, -0.2) is 6.23 Å². The van der Waals surface area contributed by atoms with Crippen molar-refractivity contribution in [1.29, 1.82) is 0 Å². The summed E-state index contributed by atoms with van der Waals surface area (Å²) in [4.78, 5) is 0. The molecule has 1 aliphatic heterocycles. The number of ether oxygens (including phenoxy) is 1. The van der Waals surface area contributed by atoms with Gasteiger partial charge >= 0.3 is 0 Å². The van der Waals surface area contributed by atoms with E-state index in [0.29, 0.717) is 0 Å². The van der Waals surface area contributed by atoms with Gasteiger partial charge in [-0.3, -0.25) is 0 Å². The molecule has 0 spiro atoms. The minimum atomic E-state index is -0.593. The predicted octanol–water partition coefficient (Wildman–Crippen LogP) is 5.55. The molecule has 0 saturated carbocycles. The molecule has 0 amide bonds. The van der Waals surface area contributed by atoms with Crippen LogP contribution in [0.5, 0.6) is 0 Å². The van der Waals surface area contributed by atoms with E-state index in [1.54, 1.807) is 0 Å². The van der Waals surface area contributed by atoms with Gasteiger partial charge in [0.25, 0.3) is 0 Å². The number of fused-ring (bicyclic) bond motifs is 1. The van der Waals surface area contributed by atoms with E-state index in [2.05, 4.69) is 97.2 Å². The van der Waals surface area contributed by atoms with E-state index < -0.39 is 5.60 Å². The fourth-order valence-corrected chi connectivity index (χ4v) is 3.75. The van der Waals surface area contributed by atoms with Crippen LogP contribution in [0.4, 0.5) is 5.69 Å². The van der Waals surface area contributed by atoms with Crippen molar-refractivity contribution in [3.05, 3.63) is 102 Å². The molecule has 1 atom stereocenters. The Bertz CT molecular complexity index is 789. The van der Waals surface area contributed by atoms with Crippen LogP contribution in [0.3, 0.4) is 0 Å². The van der Waals surface area contributed by atoms with Gasteiger partial charge in [0, 0.05) is 11.3 Å². The van der Waals surface area contributed by atoms with Crippen LogP contribution in [-0.2, 0) is 10.3 Å². The Balaban J connectivity index is 1.99. The maximum absolute atomic E-state index is 6.80. The summed E-state index contributed by atoms with van der Waals surface area (Å²) in [5, 5.41) is 3.57. The molecule has 0 saturated heterocycles. The summed E-state index contributed by atoms with van der Waals surface area (Å²) in [6.07, 6.45) is 2.02. The minimum Gasteiger partial charge on any atom is -0.360 e. The summed E-state index contributed by atoms with van der Waals surface area (Å²) in [5.41, 5.74) is 4.05. The highest BCUT2D eigenvalue weighted by Crippen LogP contribution is 2.47. The lowest BCUT2D eigenvalue weighted by atomic mass is 9.78. The molecule has 3 aromatic carbocycles. The molecule has 1 heterocycles. The molecule has 0 fully saturated rings. The number of benzene rings is 3. The number of para-hydroxylation sites is 1. The largest absolute Gasteiger partial charge is 0.360 e. The summed E-state index contributed by atoms with van der Waals surface area (Å²) in [6, 6.07) is 29.6. The summed E-state index contributed by atoms with van der Waals surface area (Å²) < 4.78 is 6.80. The zero-order valence-corrected chi connectivity index (χ0v) is 14.5. The van der Waals surface area contributed by atoms with Gasteiger partial charge in [0.05, 0.1) is 0 Å². The second kappa shape index (κ2) is 6.73. The third kappa shape index (κ3) is 2.73. The predicted molar refractivity (Wildman–Crippen MR) is 103 cm³/mol. The van der Waals surface area contributed by atoms with E-state index in [9.17, 15) is 0 Å². The monoisotopic (exact) mass is 329 g/mol. The van der Waals surface area contributed by atoms with E-state index in [0.717, 1.165) is 29.7 Å². The third-order valence-electron chi connectivity index (χ3n) is 4.85. The van der Waals surface area contributed by atoms with Crippen molar-refractivity contribution in [3.8, 4) is 0 Å². The summed E-state index contributed by atoms with van der Waals surface area (Å²) in [6.45, 7) is 2.19. The average Bonchev–Trinajstić information content (AvgIpc) is 2.69. The van der Waals surface area contributed by atoms with E-state index in [1.165, 1.54) is 5.56 Å². The van der Waals surface area contributed by atoms with Gasteiger partial charge < -0.3 is 10.1 Å². The standard InChI is InChI=1S/C23H23NO/c1-2-11-22-24-21-17-10-9-16-20(21)23(25-22,18-12-5-3-6-13-18)19-14-7-4-8-15-19/h3-10,12-17,22,24H,2,11H2,1H3/t22-/m0/s1. The Hall–Kier alpha value is -2.58. The van der Waals surface area contributed by atoms with Crippen LogP contribution < -0.4 is 5.32 Å². The molecule has 126 valence electrons. The van der Waals surface area contributed by atoms with Crippen LogP contribution in [0.25, 0.3) is 0 Å². The first-order valence-corrected chi connectivity index (χ1v) is 8.99. The Morgan fingerprint density at radius 1 is 0.800 bits per heavy atom. The maximum atomic E-state index is 6.80. The van der Waals surface area contributed by atoms with Gasteiger partial charge in [-0.05, 0) is 23.6 Å². The summed E-state index contributed by atoms with van der Waals surface area (Å²) in [5.74, 6) is 0. The first-order chi connectivity index (χ1) is 12.3. The first-order valence-electron chi connectivity index (χ1n) is 8.99. The molecule has 0 aliphatic carbocycles. The van der Waals surface area contributed by atoms with Gasteiger partial charge in [0.1, 0.15) is 11.8 Å². The van der Waals surface area contributed by atoms with Crippen molar-refractivity contribution in [2.45, 2.75) is 31.6 Å². The Kier molecular flexibility index (Phi) is 4.29. The van der Waals surface area contributed by atoms with E-state index in [-0.39, 0.29) is 6.23 Å². The lowest BCUT2D eigenvalue weighted by Gasteiger charge is -2.44. The Morgan fingerprint density at radius 2 is 1.36 bits per heavy atom. The zero-order chi connectivity index (χ0) is 17.1.